The first-order valence-corrected chi connectivity index (χ1v) is 9.37. The van der Waals surface area contributed by atoms with E-state index in [0.29, 0.717) is 25.0 Å². The van der Waals surface area contributed by atoms with E-state index >= 15 is 0 Å². The number of nitrogens with zero attached hydrogens (tertiary/aromatic N) is 4. The van der Waals surface area contributed by atoms with Crippen molar-refractivity contribution in [2.24, 2.45) is 17.6 Å². The summed E-state index contributed by atoms with van der Waals surface area (Å²) in [4.78, 5) is 15.1. The lowest BCUT2D eigenvalue weighted by Gasteiger charge is -2.49. The summed E-state index contributed by atoms with van der Waals surface area (Å²) in [7, 11) is 0. The number of rotatable bonds is 6. The number of carbonyl (C=O) groups excluding carboxylic acids is 1. The number of fused-ring (bicyclic) bond motifs is 3. The highest BCUT2D eigenvalue weighted by Crippen LogP contribution is 2.36. The van der Waals surface area contributed by atoms with Crippen molar-refractivity contribution in [2.75, 3.05) is 13.1 Å². The molecular weight excluding hydrogens is 328 g/mol. The minimum absolute atomic E-state index is 0.0964. The maximum absolute atomic E-state index is 12.7. The van der Waals surface area contributed by atoms with Crippen LogP contribution >= 0.6 is 0 Å². The first-order chi connectivity index (χ1) is 12.7. The van der Waals surface area contributed by atoms with Crippen LogP contribution < -0.4 is 11.1 Å². The highest BCUT2D eigenvalue weighted by molar-refractivity contribution is 5.79. The van der Waals surface area contributed by atoms with Crippen molar-refractivity contribution in [3.63, 3.8) is 0 Å². The van der Waals surface area contributed by atoms with Gasteiger partial charge in [0.2, 0.25) is 5.91 Å². The normalized spacial score (nSPS) is 27.4. The molecule has 5 rings (SSSR count). The van der Waals surface area contributed by atoms with Crippen LogP contribution in [0.4, 0.5) is 0 Å². The Hall–Kier alpha value is -2.25. The molecule has 0 radical (unpaired) electrons. The molecule has 2 aromatic rings. The Bertz CT molecular complexity index is 745. The number of hydrogen-bond acceptors (Lipinski definition) is 5. The second-order valence-corrected chi connectivity index (χ2v) is 7.38. The topological polar surface area (TPSA) is 89.1 Å². The largest absolute Gasteiger partial charge is 0.352 e. The second-order valence-electron chi connectivity index (χ2n) is 7.38. The summed E-state index contributed by atoms with van der Waals surface area (Å²) < 4.78 is 1.89. The van der Waals surface area contributed by atoms with Gasteiger partial charge in [-0.1, -0.05) is 35.5 Å². The second kappa shape index (κ2) is 7.55. The molecule has 26 heavy (non-hydrogen) atoms. The molecule has 4 atom stereocenters. The number of aromatic nitrogens is 3. The monoisotopic (exact) mass is 354 g/mol. The van der Waals surface area contributed by atoms with E-state index in [1.807, 2.05) is 41.2 Å². The predicted octanol–water partition coefficient (Wildman–Crippen LogP) is 0.764. The maximum atomic E-state index is 12.7. The molecule has 3 aliphatic heterocycles. The fourth-order valence-electron chi connectivity index (χ4n) is 4.28. The Kier molecular flexibility index (Phi) is 4.99. The summed E-state index contributed by atoms with van der Waals surface area (Å²) in [6, 6.07) is 10.5. The van der Waals surface area contributed by atoms with Crippen molar-refractivity contribution in [3.8, 4) is 0 Å². The number of nitrogens with two attached hydrogens (primary N) is 1. The number of piperidine rings is 3. The summed E-state index contributed by atoms with van der Waals surface area (Å²) >= 11 is 0. The molecular formula is C19H26N6O. The molecule has 138 valence electrons. The van der Waals surface area contributed by atoms with Crippen molar-refractivity contribution >= 4 is 5.91 Å². The minimum atomic E-state index is 0.0964. The van der Waals surface area contributed by atoms with E-state index in [4.69, 9.17) is 5.73 Å². The molecule has 0 aliphatic carbocycles. The molecule has 7 heteroatoms. The third-order valence-electron chi connectivity index (χ3n) is 5.72. The summed E-state index contributed by atoms with van der Waals surface area (Å²) in [5.74, 6) is 0.741. The van der Waals surface area contributed by atoms with Crippen LogP contribution in [0.3, 0.4) is 0 Å². The lowest BCUT2D eigenvalue weighted by Crippen LogP contribution is -2.58. The molecule has 3 aliphatic rings. The lowest BCUT2D eigenvalue weighted by atomic mass is 9.75. The van der Waals surface area contributed by atoms with Crippen LogP contribution in [0.25, 0.3) is 0 Å². The number of nitrogens with one attached hydrogen (secondary N) is 1. The summed E-state index contributed by atoms with van der Waals surface area (Å²) in [6.07, 6.45) is 4.07. The van der Waals surface area contributed by atoms with Gasteiger partial charge in [0.15, 0.2) is 0 Å². The van der Waals surface area contributed by atoms with Crippen LogP contribution in [0.2, 0.25) is 0 Å². The van der Waals surface area contributed by atoms with Crippen LogP contribution in [0.5, 0.6) is 0 Å². The Morgan fingerprint density at radius 3 is 2.85 bits per heavy atom. The molecule has 2 bridgehead atoms. The fourth-order valence-corrected chi connectivity index (χ4v) is 4.28. The van der Waals surface area contributed by atoms with Gasteiger partial charge in [-0.25, -0.2) is 0 Å². The predicted molar refractivity (Wildman–Crippen MR) is 97.8 cm³/mol. The van der Waals surface area contributed by atoms with Gasteiger partial charge in [0.25, 0.3) is 0 Å². The van der Waals surface area contributed by atoms with E-state index in [1.165, 1.54) is 0 Å². The molecule has 1 aromatic heterocycles. The van der Waals surface area contributed by atoms with Crippen molar-refractivity contribution in [1.82, 2.24) is 25.2 Å². The summed E-state index contributed by atoms with van der Waals surface area (Å²) in [6.45, 7) is 3.75. The van der Waals surface area contributed by atoms with E-state index in [1.54, 1.807) is 0 Å². The van der Waals surface area contributed by atoms with Crippen LogP contribution in [0.1, 0.15) is 24.1 Å². The van der Waals surface area contributed by atoms with Crippen molar-refractivity contribution < 1.29 is 4.79 Å². The van der Waals surface area contributed by atoms with Gasteiger partial charge in [-0.3, -0.25) is 14.4 Å². The van der Waals surface area contributed by atoms with Gasteiger partial charge < -0.3 is 11.1 Å². The minimum Gasteiger partial charge on any atom is -0.352 e. The molecule has 7 nitrogen and oxygen atoms in total. The molecule has 0 saturated carbocycles. The molecule has 4 heterocycles. The van der Waals surface area contributed by atoms with Crippen molar-refractivity contribution in [2.45, 2.75) is 38.5 Å². The standard InChI is InChI=1S/C19H26N6O/c20-9-16-11-25(23-22-16)12-17-8-15-6-7-24(17)13-18(15)19(26)21-10-14-4-2-1-3-5-14/h1-5,11,15,17-18H,6-10,12-13,20H2,(H,21,26). The first kappa shape index (κ1) is 17.2. The highest BCUT2D eigenvalue weighted by Gasteiger charge is 2.43. The smallest absolute Gasteiger partial charge is 0.224 e. The molecule has 3 fully saturated rings. The van der Waals surface area contributed by atoms with Gasteiger partial charge in [-0.05, 0) is 30.9 Å². The van der Waals surface area contributed by atoms with Gasteiger partial charge in [-0.15, -0.1) is 5.10 Å². The zero-order valence-electron chi connectivity index (χ0n) is 14.9. The van der Waals surface area contributed by atoms with E-state index in [9.17, 15) is 4.79 Å². The molecule has 0 spiro atoms. The van der Waals surface area contributed by atoms with Crippen LogP contribution in [-0.4, -0.2) is 44.9 Å². The number of amides is 1. The number of carbonyl (C=O) groups is 1. The molecule has 3 N–H and O–H groups in total. The Morgan fingerprint density at radius 1 is 1.31 bits per heavy atom. The van der Waals surface area contributed by atoms with Gasteiger partial charge in [-0.2, -0.15) is 0 Å². The number of benzene rings is 1. The Morgan fingerprint density at radius 2 is 2.15 bits per heavy atom. The maximum Gasteiger partial charge on any atom is 0.224 e. The average Bonchev–Trinajstić information content (AvgIpc) is 3.15. The van der Waals surface area contributed by atoms with Crippen molar-refractivity contribution in [1.29, 1.82) is 0 Å². The Labute approximate surface area is 153 Å². The fraction of sp³-hybridized carbons (Fsp3) is 0.526. The molecule has 1 aromatic carbocycles. The highest BCUT2D eigenvalue weighted by atomic mass is 16.1. The number of hydrogen-bond donors (Lipinski definition) is 2. The first-order valence-electron chi connectivity index (χ1n) is 9.37. The van der Waals surface area contributed by atoms with Crippen LogP contribution in [0.15, 0.2) is 36.5 Å². The van der Waals surface area contributed by atoms with E-state index in [-0.39, 0.29) is 11.8 Å². The molecule has 4 unspecified atom stereocenters. The van der Waals surface area contributed by atoms with Gasteiger partial charge in [0.1, 0.15) is 0 Å². The third kappa shape index (κ3) is 3.64. The van der Waals surface area contributed by atoms with Crippen LogP contribution in [0, 0.1) is 11.8 Å². The quantitative estimate of drug-likeness (QED) is 0.800. The van der Waals surface area contributed by atoms with Gasteiger partial charge >= 0.3 is 0 Å². The van der Waals surface area contributed by atoms with E-state index in [0.717, 1.165) is 43.7 Å². The molecule has 1 amide bonds. The average molecular weight is 354 g/mol. The zero-order chi connectivity index (χ0) is 17.9. The van der Waals surface area contributed by atoms with E-state index in [2.05, 4.69) is 20.5 Å². The summed E-state index contributed by atoms with van der Waals surface area (Å²) in [5, 5.41) is 11.3. The van der Waals surface area contributed by atoms with E-state index < -0.39 is 0 Å². The van der Waals surface area contributed by atoms with Gasteiger partial charge in [0.05, 0.1) is 18.2 Å². The lowest BCUT2D eigenvalue weighted by molar-refractivity contribution is -0.133. The van der Waals surface area contributed by atoms with Crippen molar-refractivity contribution in [3.05, 3.63) is 47.8 Å². The Balaban J connectivity index is 1.33. The molecule has 3 saturated heterocycles. The van der Waals surface area contributed by atoms with Crippen LogP contribution in [-0.2, 0) is 24.4 Å². The zero-order valence-corrected chi connectivity index (χ0v) is 14.9. The van der Waals surface area contributed by atoms with Gasteiger partial charge in [0, 0.05) is 31.9 Å². The summed E-state index contributed by atoms with van der Waals surface area (Å²) in [5.41, 5.74) is 7.57. The SMILES string of the molecule is NCc1cn(CC2CC3CCN2CC3C(=O)NCc2ccccc2)nn1. The third-order valence-corrected chi connectivity index (χ3v) is 5.72.